The number of aryl methyl sites for hydroxylation is 3. The maximum absolute atomic E-state index is 12.8. The van der Waals surface area contributed by atoms with Crippen molar-refractivity contribution in [1.29, 1.82) is 0 Å². The molecule has 2 aromatic rings. The van der Waals surface area contributed by atoms with Crippen molar-refractivity contribution < 1.29 is 13.2 Å². The Morgan fingerprint density at radius 3 is 2.36 bits per heavy atom. The van der Waals surface area contributed by atoms with E-state index in [0.717, 1.165) is 59.6 Å². The number of nitrogens with one attached hydrogen (secondary N) is 2. The number of carbonyl (C=O) groups is 1. The van der Waals surface area contributed by atoms with Gasteiger partial charge in [0.1, 0.15) is 0 Å². The van der Waals surface area contributed by atoms with Crippen molar-refractivity contribution >= 4 is 27.6 Å². The third-order valence-corrected chi connectivity index (χ3v) is 6.98. The van der Waals surface area contributed by atoms with Gasteiger partial charge in [-0.05, 0) is 67.7 Å². The molecule has 2 N–H and O–H groups in total. The number of urea groups is 1. The number of hydrogen-bond acceptors (Lipinski definition) is 4. The molecular formula is C19H25N5O3S. The van der Waals surface area contributed by atoms with Crippen LogP contribution in [0.2, 0.25) is 0 Å². The van der Waals surface area contributed by atoms with Gasteiger partial charge < -0.3 is 5.32 Å². The van der Waals surface area contributed by atoms with E-state index in [1.165, 1.54) is 22.0 Å². The first-order valence-electron chi connectivity index (χ1n) is 9.65. The van der Waals surface area contributed by atoms with Crippen LogP contribution in [-0.2, 0) is 42.9 Å². The number of fused-ring (bicyclic) bond motifs is 2. The van der Waals surface area contributed by atoms with Crippen molar-refractivity contribution in [2.75, 3.05) is 16.2 Å². The molecule has 150 valence electrons. The predicted molar refractivity (Wildman–Crippen MR) is 108 cm³/mol. The number of amides is 2. The molecule has 1 aromatic carbocycles. The summed E-state index contributed by atoms with van der Waals surface area (Å²) in [5, 5.41) is 6.86. The molecule has 28 heavy (non-hydrogen) atoms. The van der Waals surface area contributed by atoms with Gasteiger partial charge in [0.05, 0.1) is 11.9 Å². The van der Waals surface area contributed by atoms with E-state index in [1.54, 1.807) is 20.2 Å². The molecule has 0 radical (unpaired) electrons. The van der Waals surface area contributed by atoms with Crippen molar-refractivity contribution in [3.05, 3.63) is 40.7 Å². The van der Waals surface area contributed by atoms with E-state index < -0.39 is 16.2 Å². The molecule has 2 amide bonds. The van der Waals surface area contributed by atoms with Crippen LogP contribution >= 0.6 is 0 Å². The Hall–Kier alpha value is -2.55. The van der Waals surface area contributed by atoms with Crippen molar-refractivity contribution in [2.24, 2.45) is 7.05 Å². The SMILES string of the molecule is CCN(c1cnn(C)c1)S(=O)(=O)NC(=O)Nc1c2c(cc3c1CCC3)CCC2. The van der Waals surface area contributed by atoms with E-state index in [-0.39, 0.29) is 6.54 Å². The lowest BCUT2D eigenvalue weighted by Gasteiger charge is -2.22. The van der Waals surface area contributed by atoms with E-state index in [2.05, 4.69) is 21.2 Å². The smallest absolute Gasteiger partial charge is 0.307 e. The lowest BCUT2D eigenvalue weighted by molar-refractivity contribution is 0.256. The summed E-state index contributed by atoms with van der Waals surface area (Å²) in [6.07, 6.45) is 9.05. The number of benzene rings is 1. The van der Waals surface area contributed by atoms with E-state index in [4.69, 9.17) is 0 Å². The van der Waals surface area contributed by atoms with Gasteiger partial charge in [-0.1, -0.05) is 6.07 Å². The molecule has 0 atom stereocenters. The van der Waals surface area contributed by atoms with Crippen molar-refractivity contribution in [3.8, 4) is 0 Å². The fourth-order valence-corrected chi connectivity index (χ4v) is 5.41. The minimum absolute atomic E-state index is 0.185. The van der Waals surface area contributed by atoms with Crippen LogP contribution in [0, 0.1) is 0 Å². The van der Waals surface area contributed by atoms with Gasteiger partial charge in [-0.3, -0.25) is 8.99 Å². The summed E-state index contributed by atoms with van der Waals surface area (Å²) in [6, 6.07) is 1.54. The molecule has 1 aromatic heterocycles. The molecule has 0 saturated carbocycles. The maximum Gasteiger partial charge on any atom is 0.334 e. The molecule has 9 heteroatoms. The number of nitrogens with zero attached hydrogens (tertiary/aromatic N) is 3. The second kappa shape index (κ2) is 7.12. The van der Waals surface area contributed by atoms with Crippen LogP contribution in [0.25, 0.3) is 0 Å². The molecule has 1 heterocycles. The van der Waals surface area contributed by atoms with Gasteiger partial charge in [0.2, 0.25) is 0 Å². The van der Waals surface area contributed by atoms with Crippen LogP contribution in [0.5, 0.6) is 0 Å². The molecule has 0 aliphatic heterocycles. The van der Waals surface area contributed by atoms with Crippen LogP contribution in [0.3, 0.4) is 0 Å². The van der Waals surface area contributed by atoms with Gasteiger partial charge in [-0.25, -0.2) is 9.52 Å². The number of rotatable bonds is 5. The van der Waals surface area contributed by atoms with Crippen LogP contribution in [-0.4, -0.2) is 30.8 Å². The summed E-state index contributed by atoms with van der Waals surface area (Å²) in [6.45, 7) is 1.89. The number of aromatic nitrogens is 2. The average molecular weight is 404 g/mol. The van der Waals surface area contributed by atoms with Crippen molar-refractivity contribution in [3.63, 3.8) is 0 Å². The van der Waals surface area contributed by atoms with E-state index in [0.29, 0.717) is 5.69 Å². The first kappa shape index (κ1) is 18.8. The largest absolute Gasteiger partial charge is 0.334 e. The van der Waals surface area contributed by atoms with Gasteiger partial charge in [0.15, 0.2) is 0 Å². The maximum atomic E-state index is 12.8. The van der Waals surface area contributed by atoms with E-state index >= 15 is 0 Å². The quantitative estimate of drug-likeness (QED) is 0.801. The zero-order chi connectivity index (χ0) is 19.9. The summed E-state index contributed by atoms with van der Waals surface area (Å²) in [4.78, 5) is 12.6. The summed E-state index contributed by atoms with van der Waals surface area (Å²) in [5.74, 6) is 0. The summed E-state index contributed by atoms with van der Waals surface area (Å²) in [7, 11) is -2.33. The van der Waals surface area contributed by atoms with Crippen LogP contribution < -0.4 is 14.3 Å². The highest BCUT2D eigenvalue weighted by Crippen LogP contribution is 2.38. The molecule has 0 saturated heterocycles. The number of hydrogen-bond donors (Lipinski definition) is 2. The Labute approximate surface area is 165 Å². The molecule has 2 aliphatic rings. The summed E-state index contributed by atoms with van der Waals surface area (Å²) in [5.41, 5.74) is 6.11. The highest BCUT2D eigenvalue weighted by molar-refractivity contribution is 7.91. The lowest BCUT2D eigenvalue weighted by Crippen LogP contribution is -2.45. The summed E-state index contributed by atoms with van der Waals surface area (Å²) < 4.78 is 30.3. The molecule has 0 bridgehead atoms. The minimum atomic E-state index is -4.04. The predicted octanol–water partition coefficient (Wildman–Crippen LogP) is 2.29. The fourth-order valence-electron chi connectivity index (χ4n) is 4.31. The minimum Gasteiger partial charge on any atom is -0.307 e. The molecule has 8 nitrogen and oxygen atoms in total. The monoisotopic (exact) mass is 403 g/mol. The molecule has 0 spiro atoms. The van der Waals surface area contributed by atoms with Gasteiger partial charge in [0, 0.05) is 25.5 Å². The van der Waals surface area contributed by atoms with Gasteiger partial charge in [-0.2, -0.15) is 13.5 Å². The Kier molecular flexibility index (Phi) is 4.78. The first-order chi connectivity index (χ1) is 13.4. The molecule has 0 unspecified atom stereocenters. The Morgan fingerprint density at radius 2 is 1.82 bits per heavy atom. The summed E-state index contributed by atoms with van der Waals surface area (Å²) >= 11 is 0. The van der Waals surface area contributed by atoms with Crippen LogP contribution in [0.1, 0.15) is 42.0 Å². The zero-order valence-electron chi connectivity index (χ0n) is 16.2. The van der Waals surface area contributed by atoms with Crippen molar-refractivity contribution in [2.45, 2.75) is 45.4 Å². The zero-order valence-corrected chi connectivity index (χ0v) is 17.0. The normalized spacial score (nSPS) is 15.2. The highest BCUT2D eigenvalue weighted by atomic mass is 32.2. The fraction of sp³-hybridized carbons (Fsp3) is 0.474. The molecule has 0 fully saturated rings. The topological polar surface area (TPSA) is 96.3 Å². The van der Waals surface area contributed by atoms with Gasteiger partial charge >= 0.3 is 16.2 Å². The van der Waals surface area contributed by atoms with Gasteiger partial charge in [-0.15, -0.1) is 0 Å². The van der Waals surface area contributed by atoms with Crippen LogP contribution in [0.4, 0.5) is 16.2 Å². The average Bonchev–Trinajstić information content (AvgIpc) is 3.35. The standard InChI is InChI=1S/C19H25N5O3S/c1-3-24(15-11-20-23(2)12-15)28(26,27)22-19(25)21-18-16-8-4-6-13(16)10-14-7-5-9-17(14)18/h10-12H,3-9H2,1-2H3,(H2,21,22,25). The van der Waals surface area contributed by atoms with Crippen molar-refractivity contribution in [1.82, 2.24) is 14.5 Å². The third-order valence-electron chi connectivity index (χ3n) is 5.49. The highest BCUT2D eigenvalue weighted by Gasteiger charge is 2.28. The Balaban J connectivity index is 1.57. The molecule has 4 rings (SSSR count). The third kappa shape index (κ3) is 3.34. The molecule has 2 aliphatic carbocycles. The van der Waals surface area contributed by atoms with Gasteiger partial charge in [0.25, 0.3) is 0 Å². The second-order valence-corrected chi connectivity index (χ2v) is 8.93. The molecular weight excluding hydrogens is 378 g/mol. The Bertz CT molecular complexity index is 996. The first-order valence-corrected chi connectivity index (χ1v) is 11.1. The number of anilines is 2. The lowest BCUT2D eigenvalue weighted by atomic mass is 9.99. The van der Waals surface area contributed by atoms with Crippen LogP contribution in [0.15, 0.2) is 18.5 Å². The second-order valence-electron chi connectivity index (χ2n) is 7.33. The van der Waals surface area contributed by atoms with E-state index in [1.807, 2.05) is 0 Å². The Morgan fingerprint density at radius 1 is 1.18 bits per heavy atom. The van der Waals surface area contributed by atoms with E-state index in [9.17, 15) is 13.2 Å². The number of carbonyl (C=O) groups excluding carboxylic acids is 1.